The molecule has 3 aromatic carbocycles. The average Bonchev–Trinajstić information content (AvgIpc) is 2.78. The van der Waals surface area contributed by atoms with Crippen molar-refractivity contribution in [2.75, 3.05) is 19.5 Å². The molecule has 0 aliphatic carbocycles. The van der Waals surface area contributed by atoms with Crippen molar-refractivity contribution in [2.45, 2.75) is 0 Å². The van der Waals surface area contributed by atoms with Crippen molar-refractivity contribution in [3.05, 3.63) is 88.8 Å². The van der Waals surface area contributed by atoms with Gasteiger partial charge in [0.05, 0.1) is 19.8 Å². The summed E-state index contributed by atoms with van der Waals surface area (Å²) in [4.78, 5) is 25.1. The molecule has 0 atom stereocenters. The zero-order chi connectivity index (χ0) is 21.1. The number of amides is 1. The van der Waals surface area contributed by atoms with Gasteiger partial charge in [0.25, 0.3) is 5.91 Å². The first-order chi connectivity index (χ1) is 14.6. The van der Waals surface area contributed by atoms with Crippen LogP contribution in [-0.4, -0.2) is 20.1 Å². The molecule has 0 aliphatic rings. The highest BCUT2D eigenvalue weighted by Crippen LogP contribution is 2.28. The van der Waals surface area contributed by atoms with Crippen molar-refractivity contribution >= 4 is 22.6 Å². The van der Waals surface area contributed by atoms with Crippen LogP contribution in [0.2, 0.25) is 0 Å². The second-order valence-corrected chi connectivity index (χ2v) is 6.59. The van der Waals surface area contributed by atoms with E-state index in [1.54, 1.807) is 54.6 Å². The van der Waals surface area contributed by atoms with Crippen molar-refractivity contribution in [2.24, 2.45) is 0 Å². The molecule has 0 saturated heterocycles. The van der Waals surface area contributed by atoms with Gasteiger partial charge in [-0.3, -0.25) is 4.79 Å². The fraction of sp³-hybridized carbons (Fsp3) is 0.0833. The first-order valence-corrected chi connectivity index (χ1v) is 9.26. The highest BCUT2D eigenvalue weighted by atomic mass is 16.5. The van der Waals surface area contributed by atoms with Gasteiger partial charge in [-0.15, -0.1) is 0 Å². The number of carbonyl (C=O) groups is 1. The second kappa shape index (κ2) is 8.13. The van der Waals surface area contributed by atoms with E-state index >= 15 is 0 Å². The number of methoxy groups -OCH3 is 2. The van der Waals surface area contributed by atoms with E-state index in [1.807, 2.05) is 18.2 Å². The van der Waals surface area contributed by atoms with E-state index in [0.717, 1.165) is 5.39 Å². The molecule has 0 radical (unpaired) electrons. The molecule has 6 heteroatoms. The van der Waals surface area contributed by atoms with Gasteiger partial charge in [-0.05, 0) is 48.0 Å². The van der Waals surface area contributed by atoms with Crippen LogP contribution in [0.25, 0.3) is 22.1 Å². The maximum Gasteiger partial charge on any atom is 0.344 e. The number of hydrogen-bond donors (Lipinski definition) is 1. The molecule has 1 heterocycles. The smallest absolute Gasteiger partial charge is 0.344 e. The van der Waals surface area contributed by atoms with Gasteiger partial charge in [0, 0.05) is 16.6 Å². The molecular formula is C24H19NO5. The Morgan fingerprint density at radius 1 is 0.867 bits per heavy atom. The van der Waals surface area contributed by atoms with Crippen molar-refractivity contribution in [1.29, 1.82) is 0 Å². The number of para-hydroxylation sites is 1. The summed E-state index contributed by atoms with van der Waals surface area (Å²) in [5, 5.41) is 3.67. The molecule has 4 rings (SSSR count). The minimum absolute atomic E-state index is 0.307. The van der Waals surface area contributed by atoms with Crippen LogP contribution in [0, 0.1) is 0 Å². The highest BCUT2D eigenvalue weighted by Gasteiger charge is 2.13. The molecule has 0 fully saturated rings. The van der Waals surface area contributed by atoms with Crippen molar-refractivity contribution in [3.8, 4) is 22.6 Å². The monoisotopic (exact) mass is 401 g/mol. The van der Waals surface area contributed by atoms with Crippen LogP contribution in [0.3, 0.4) is 0 Å². The number of benzene rings is 3. The second-order valence-electron chi connectivity index (χ2n) is 6.59. The SMILES string of the molecule is COc1ccc(C(=O)Nc2cccc(-c3cc4ccccc4oc3=O)c2)cc1OC. The van der Waals surface area contributed by atoms with Crippen LogP contribution in [0.15, 0.2) is 82.0 Å². The maximum absolute atomic E-state index is 12.7. The van der Waals surface area contributed by atoms with Crippen LogP contribution in [-0.2, 0) is 0 Å². The number of ether oxygens (including phenoxy) is 2. The standard InChI is InChI=1S/C24H19NO5/c1-28-21-11-10-17(14-22(21)29-2)23(26)25-18-8-5-7-15(12-18)19-13-16-6-3-4-9-20(16)30-24(19)27/h3-14H,1-2H3,(H,25,26). The Morgan fingerprint density at radius 2 is 1.67 bits per heavy atom. The van der Waals surface area contributed by atoms with Gasteiger partial charge in [0.1, 0.15) is 5.58 Å². The molecular weight excluding hydrogens is 382 g/mol. The molecule has 1 amide bonds. The largest absolute Gasteiger partial charge is 0.493 e. The average molecular weight is 401 g/mol. The molecule has 150 valence electrons. The number of carbonyl (C=O) groups excluding carboxylic acids is 1. The van der Waals surface area contributed by atoms with Crippen LogP contribution >= 0.6 is 0 Å². The van der Waals surface area contributed by atoms with Crippen molar-refractivity contribution in [1.82, 2.24) is 0 Å². The molecule has 0 bridgehead atoms. The fourth-order valence-electron chi connectivity index (χ4n) is 3.21. The Bertz CT molecular complexity index is 1290. The minimum Gasteiger partial charge on any atom is -0.493 e. The molecule has 6 nitrogen and oxygen atoms in total. The van der Waals surface area contributed by atoms with Gasteiger partial charge in [-0.2, -0.15) is 0 Å². The van der Waals surface area contributed by atoms with E-state index in [4.69, 9.17) is 13.9 Å². The third-order valence-electron chi connectivity index (χ3n) is 4.72. The molecule has 0 saturated carbocycles. The Hall–Kier alpha value is -4.06. The lowest BCUT2D eigenvalue weighted by molar-refractivity contribution is 0.102. The van der Waals surface area contributed by atoms with Gasteiger partial charge < -0.3 is 19.2 Å². The van der Waals surface area contributed by atoms with Gasteiger partial charge in [0.2, 0.25) is 0 Å². The summed E-state index contributed by atoms with van der Waals surface area (Å²) in [6.45, 7) is 0. The molecule has 0 unspecified atom stereocenters. The quantitative estimate of drug-likeness (QED) is 0.489. The van der Waals surface area contributed by atoms with Gasteiger partial charge in [-0.1, -0.05) is 30.3 Å². The lowest BCUT2D eigenvalue weighted by Gasteiger charge is -2.11. The summed E-state index contributed by atoms with van der Waals surface area (Å²) in [6.07, 6.45) is 0. The normalized spacial score (nSPS) is 10.6. The Balaban J connectivity index is 1.64. The molecule has 30 heavy (non-hydrogen) atoms. The Labute approximate surface area is 172 Å². The van der Waals surface area contributed by atoms with E-state index in [-0.39, 0.29) is 5.91 Å². The zero-order valence-corrected chi connectivity index (χ0v) is 16.5. The summed E-state index contributed by atoms with van der Waals surface area (Å²) >= 11 is 0. The molecule has 1 N–H and O–H groups in total. The predicted molar refractivity (Wildman–Crippen MR) is 115 cm³/mol. The van der Waals surface area contributed by atoms with E-state index in [0.29, 0.717) is 39.5 Å². The summed E-state index contributed by atoms with van der Waals surface area (Å²) in [5.41, 5.74) is 2.15. The first-order valence-electron chi connectivity index (χ1n) is 9.26. The summed E-state index contributed by atoms with van der Waals surface area (Å²) in [6, 6.07) is 21.1. The third kappa shape index (κ3) is 3.75. The van der Waals surface area contributed by atoms with E-state index < -0.39 is 5.63 Å². The number of nitrogens with one attached hydrogen (secondary N) is 1. The van der Waals surface area contributed by atoms with Crippen LogP contribution in [0.5, 0.6) is 11.5 Å². The van der Waals surface area contributed by atoms with Crippen LogP contribution in [0.4, 0.5) is 5.69 Å². The van der Waals surface area contributed by atoms with Crippen molar-refractivity contribution < 1.29 is 18.7 Å². The van der Waals surface area contributed by atoms with E-state index in [2.05, 4.69) is 5.32 Å². The lowest BCUT2D eigenvalue weighted by atomic mass is 10.1. The highest BCUT2D eigenvalue weighted by molar-refractivity contribution is 6.05. The first kappa shape index (κ1) is 19.3. The summed E-state index contributed by atoms with van der Waals surface area (Å²) < 4.78 is 15.9. The molecule has 0 spiro atoms. The number of hydrogen-bond acceptors (Lipinski definition) is 5. The molecule has 1 aromatic heterocycles. The minimum atomic E-state index is -0.433. The van der Waals surface area contributed by atoms with Crippen LogP contribution < -0.4 is 20.4 Å². The van der Waals surface area contributed by atoms with E-state index in [9.17, 15) is 9.59 Å². The molecule has 0 aliphatic heterocycles. The molecule has 4 aromatic rings. The summed E-state index contributed by atoms with van der Waals surface area (Å²) in [5.74, 6) is 0.699. The van der Waals surface area contributed by atoms with Gasteiger partial charge in [0.15, 0.2) is 11.5 Å². The zero-order valence-electron chi connectivity index (χ0n) is 16.5. The predicted octanol–water partition coefficient (Wildman–Crippen LogP) is 4.73. The number of anilines is 1. The fourth-order valence-corrected chi connectivity index (χ4v) is 3.21. The lowest BCUT2D eigenvalue weighted by Crippen LogP contribution is -2.12. The maximum atomic E-state index is 12.7. The van der Waals surface area contributed by atoms with E-state index in [1.165, 1.54) is 14.2 Å². The Kier molecular flexibility index (Phi) is 5.22. The number of fused-ring (bicyclic) bond motifs is 1. The summed E-state index contributed by atoms with van der Waals surface area (Å²) in [7, 11) is 3.05. The van der Waals surface area contributed by atoms with Crippen LogP contribution in [0.1, 0.15) is 10.4 Å². The Morgan fingerprint density at radius 3 is 2.47 bits per heavy atom. The van der Waals surface area contributed by atoms with Crippen molar-refractivity contribution in [3.63, 3.8) is 0 Å². The third-order valence-corrected chi connectivity index (χ3v) is 4.72. The van der Waals surface area contributed by atoms with Gasteiger partial charge >= 0.3 is 5.63 Å². The number of rotatable bonds is 5. The topological polar surface area (TPSA) is 77.8 Å². The van der Waals surface area contributed by atoms with Gasteiger partial charge in [-0.25, -0.2) is 4.79 Å².